The van der Waals surface area contributed by atoms with Crippen molar-refractivity contribution in [2.75, 3.05) is 0 Å². The Morgan fingerprint density at radius 1 is 0.792 bits per heavy atom. The molecule has 0 saturated carbocycles. The van der Waals surface area contributed by atoms with Crippen LogP contribution >= 0.6 is 0 Å². The SMILES string of the molecule is CC(=O)c1cc(Cc2ccccc2)cc(OCc2ccccc2)c1. The number of rotatable bonds is 6. The summed E-state index contributed by atoms with van der Waals surface area (Å²) in [6, 6.07) is 26.0. The van der Waals surface area contributed by atoms with E-state index >= 15 is 0 Å². The van der Waals surface area contributed by atoms with Crippen LogP contribution in [0.1, 0.15) is 34.0 Å². The smallest absolute Gasteiger partial charge is 0.159 e. The molecule has 0 spiro atoms. The van der Waals surface area contributed by atoms with E-state index in [1.165, 1.54) is 5.56 Å². The lowest BCUT2D eigenvalue weighted by molar-refractivity contribution is 0.101. The number of carbonyl (C=O) groups excluding carboxylic acids is 1. The van der Waals surface area contributed by atoms with Gasteiger partial charge in [-0.15, -0.1) is 0 Å². The normalized spacial score (nSPS) is 10.4. The van der Waals surface area contributed by atoms with Crippen molar-refractivity contribution in [2.45, 2.75) is 20.0 Å². The standard InChI is InChI=1S/C22H20O2/c1-17(23)21-13-20(12-18-8-4-2-5-9-18)14-22(15-21)24-16-19-10-6-3-7-11-19/h2-11,13-15H,12,16H2,1H3. The molecule has 0 N–H and O–H groups in total. The van der Waals surface area contributed by atoms with Gasteiger partial charge in [0.1, 0.15) is 12.4 Å². The van der Waals surface area contributed by atoms with Gasteiger partial charge in [-0.2, -0.15) is 0 Å². The first-order chi connectivity index (χ1) is 11.7. The van der Waals surface area contributed by atoms with Gasteiger partial charge in [0.15, 0.2) is 5.78 Å². The molecule has 0 amide bonds. The maximum absolute atomic E-state index is 11.8. The molecule has 0 bridgehead atoms. The maximum Gasteiger partial charge on any atom is 0.159 e. The van der Waals surface area contributed by atoms with Gasteiger partial charge in [0.2, 0.25) is 0 Å². The lowest BCUT2D eigenvalue weighted by Crippen LogP contribution is -2.00. The summed E-state index contributed by atoms with van der Waals surface area (Å²) in [6.07, 6.45) is 0.781. The minimum atomic E-state index is 0.0504. The zero-order valence-corrected chi connectivity index (χ0v) is 13.7. The first kappa shape index (κ1) is 16.0. The molecule has 0 radical (unpaired) electrons. The summed E-state index contributed by atoms with van der Waals surface area (Å²) in [5.41, 5.74) is 4.09. The average Bonchev–Trinajstić information content (AvgIpc) is 2.61. The van der Waals surface area contributed by atoms with Gasteiger partial charge in [0, 0.05) is 5.56 Å². The Morgan fingerprint density at radius 2 is 1.42 bits per heavy atom. The molecule has 2 heteroatoms. The van der Waals surface area contributed by atoms with Crippen LogP contribution < -0.4 is 4.74 Å². The summed E-state index contributed by atoms with van der Waals surface area (Å²) in [5, 5.41) is 0. The molecule has 0 fully saturated rings. The van der Waals surface area contributed by atoms with E-state index in [1.807, 2.05) is 66.7 Å². The van der Waals surface area contributed by atoms with Crippen molar-refractivity contribution in [1.82, 2.24) is 0 Å². The molecule has 3 aromatic rings. The van der Waals surface area contributed by atoms with Gasteiger partial charge < -0.3 is 4.74 Å². The van der Waals surface area contributed by atoms with Crippen molar-refractivity contribution < 1.29 is 9.53 Å². The quantitative estimate of drug-likeness (QED) is 0.594. The van der Waals surface area contributed by atoms with Gasteiger partial charge >= 0.3 is 0 Å². The molecule has 0 unspecified atom stereocenters. The summed E-state index contributed by atoms with van der Waals surface area (Å²) < 4.78 is 5.91. The van der Waals surface area contributed by atoms with E-state index in [4.69, 9.17) is 4.74 Å². The Kier molecular flexibility index (Phi) is 5.07. The molecule has 2 nitrogen and oxygen atoms in total. The molecule has 0 atom stereocenters. The second-order valence-electron chi connectivity index (χ2n) is 5.86. The molecule has 120 valence electrons. The van der Waals surface area contributed by atoms with Crippen LogP contribution in [-0.4, -0.2) is 5.78 Å². The van der Waals surface area contributed by atoms with Crippen molar-refractivity contribution in [3.8, 4) is 5.75 Å². The summed E-state index contributed by atoms with van der Waals surface area (Å²) in [4.78, 5) is 11.8. The molecule has 24 heavy (non-hydrogen) atoms. The lowest BCUT2D eigenvalue weighted by Gasteiger charge is -2.11. The third-order valence-electron chi connectivity index (χ3n) is 3.87. The highest BCUT2D eigenvalue weighted by Crippen LogP contribution is 2.21. The minimum Gasteiger partial charge on any atom is -0.489 e. The van der Waals surface area contributed by atoms with Gasteiger partial charge in [-0.3, -0.25) is 4.79 Å². The van der Waals surface area contributed by atoms with Crippen LogP contribution in [0.25, 0.3) is 0 Å². The van der Waals surface area contributed by atoms with Gasteiger partial charge in [0.05, 0.1) is 0 Å². The topological polar surface area (TPSA) is 26.3 Å². The second-order valence-corrected chi connectivity index (χ2v) is 5.86. The highest BCUT2D eigenvalue weighted by molar-refractivity contribution is 5.94. The number of benzene rings is 3. The molecular formula is C22H20O2. The number of hydrogen-bond donors (Lipinski definition) is 0. The second kappa shape index (κ2) is 7.60. The molecular weight excluding hydrogens is 296 g/mol. The largest absolute Gasteiger partial charge is 0.489 e. The Balaban J connectivity index is 1.81. The van der Waals surface area contributed by atoms with E-state index < -0.39 is 0 Å². The summed E-state index contributed by atoms with van der Waals surface area (Å²) in [7, 11) is 0. The van der Waals surface area contributed by atoms with Crippen molar-refractivity contribution in [1.29, 1.82) is 0 Å². The van der Waals surface area contributed by atoms with Crippen molar-refractivity contribution >= 4 is 5.78 Å². The number of ketones is 1. The van der Waals surface area contributed by atoms with Crippen LogP contribution in [0.4, 0.5) is 0 Å². The Labute approximate surface area is 142 Å². The van der Waals surface area contributed by atoms with E-state index in [9.17, 15) is 4.79 Å². The molecule has 3 aromatic carbocycles. The van der Waals surface area contributed by atoms with Crippen LogP contribution in [0.15, 0.2) is 78.9 Å². The van der Waals surface area contributed by atoms with Gasteiger partial charge in [0.25, 0.3) is 0 Å². The monoisotopic (exact) mass is 316 g/mol. The zero-order valence-electron chi connectivity index (χ0n) is 13.7. The third kappa shape index (κ3) is 4.32. The summed E-state index contributed by atoms with van der Waals surface area (Å²) in [6.45, 7) is 2.08. The predicted octanol–water partition coefficient (Wildman–Crippen LogP) is 5.06. The van der Waals surface area contributed by atoms with Crippen LogP contribution in [0, 0.1) is 0 Å². The highest BCUT2D eigenvalue weighted by Gasteiger charge is 2.07. The fourth-order valence-corrected chi connectivity index (χ4v) is 2.62. The number of carbonyl (C=O) groups is 1. The zero-order chi connectivity index (χ0) is 16.8. The summed E-state index contributed by atoms with van der Waals surface area (Å²) in [5.74, 6) is 0.784. The molecule has 0 heterocycles. The van der Waals surface area contributed by atoms with Gasteiger partial charge in [-0.05, 0) is 48.2 Å². The van der Waals surface area contributed by atoms with Crippen LogP contribution in [0.3, 0.4) is 0 Å². The first-order valence-corrected chi connectivity index (χ1v) is 8.06. The van der Waals surface area contributed by atoms with Gasteiger partial charge in [-0.25, -0.2) is 0 Å². The Bertz CT molecular complexity index is 808. The fourth-order valence-electron chi connectivity index (χ4n) is 2.62. The van der Waals surface area contributed by atoms with Crippen LogP contribution in [0.5, 0.6) is 5.75 Å². The summed E-state index contributed by atoms with van der Waals surface area (Å²) >= 11 is 0. The van der Waals surface area contributed by atoms with E-state index in [0.717, 1.165) is 23.3 Å². The molecule has 3 rings (SSSR count). The fraction of sp³-hybridized carbons (Fsp3) is 0.136. The van der Waals surface area contributed by atoms with Crippen molar-refractivity contribution in [3.05, 3.63) is 101 Å². The minimum absolute atomic E-state index is 0.0504. The number of hydrogen-bond acceptors (Lipinski definition) is 2. The van der Waals surface area contributed by atoms with Gasteiger partial charge in [-0.1, -0.05) is 60.7 Å². The molecule has 0 aliphatic carbocycles. The number of Topliss-reactive ketones (excluding diaryl/α,β-unsaturated/α-hetero) is 1. The highest BCUT2D eigenvalue weighted by atomic mass is 16.5. The Morgan fingerprint density at radius 3 is 2.04 bits per heavy atom. The Hall–Kier alpha value is -2.87. The van der Waals surface area contributed by atoms with Crippen molar-refractivity contribution in [2.24, 2.45) is 0 Å². The van der Waals surface area contributed by atoms with Crippen LogP contribution in [0.2, 0.25) is 0 Å². The van der Waals surface area contributed by atoms with Crippen LogP contribution in [-0.2, 0) is 13.0 Å². The van der Waals surface area contributed by atoms with E-state index in [1.54, 1.807) is 6.92 Å². The molecule has 0 saturated heterocycles. The molecule has 0 aliphatic rings. The number of ether oxygens (including phenoxy) is 1. The maximum atomic E-state index is 11.8. The van der Waals surface area contributed by atoms with Crippen molar-refractivity contribution in [3.63, 3.8) is 0 Å². The van der Waals surface area contributed by atoms with E-state index in [2.05, 4.69) is 12.1 Å². The average molecular weight is 316 g/mol. The molecule has 0 aliphatic heterocycles. The molecule has 0 aromatic heterocycles. The first-order valence-electron chi connectivity index (χ1n) is 8.06. The predicted molar refractivity (Wildman–Crippen MR) is 96.5 cm³/mol. The van der Waals surface area contributed by atoms with E-state index in [0.29, 0.717) is 12.2 Å². The van der Waals surface area contributed by atoms with E-state index in [-0.39, 0.29) is 5.78 Å². The lowest BCUT2D eigenvalue weighted by atomic mass is 10.0. The third-order valence-corrected chi connectivity index (χ3v) is 3.87.